The highest BCUT2D eigenvalue weighted by molar-refractivity contribution is 9.10. The van der Waals surface area contributed by atoms with Gasteiger partial charge >= 0.3 is 0 Å². The highest BCUT2D eigenvalue weighted by Gasteiger charge is 2.24. The number of nitrogens with one attached hydrogen (secondary N) is 1. The Kier molecular flexibility index (Phi) is 6.51. The zero-order valence-corrected chi connectivity index (χ0v) is 15.2. The fraction of sp³-hybridized carbons (Fsp3) is 0.625. The maximum Gasteiger partial charge on any atom is 0.0674 e. The summed E-state index contributed by atoms with van der Waals surface area (Å²) in [5.41, 5.74) is 1.16. The zero-order valence-electron chi connectivity index (χ0n) is 12.9. The molecule has 1 aromatic carbocycles. The predicted octanol–water partition coefficient (Wildman–Crippen LogP) is 3.86. The second kappa shape index (κ2) is 7.93. The van der Waals surface area contributed by atoms with Crippen molar-refractivity contribution in [3.8, 4) is 0 Å². The Labute approximate surface area is 141 Å². The molecule has 0 aromatic heterocycles. The Morgan fingerprint density at radius 3 is 2.90 bits per heavy atom. The number of benzene rings is 1. The number of nitrogens with zero attached hydrogens (tertiary/aromatic N) is 1. The van der Waals surface area contributed by atoms with Gasteiger partial charge in [-0.05, 0) is 45.0 Å². The summed E-state index contributed by atoms with van der Waals surface area (Å²) < 4.78 is 6.70. The lowest BCUT2D eigenvalue weighted by molar-refractivity contribution is -0.0502. The molecule has 1 N–H and O–H groups in total. The second-order valence-electron chi connectivity index (χ2n) is 5.78. The molecule has 0 amide bonds. The Balaban J connectivity index is 1.99. The van der Waals surface area contributed by atoms with Crippen LogP contribution in [-0.4, -0.2) is 43.8 Å². The van der Waals surface area contributed by atoms with E-state index in [2.05, 4.69) is 46.1 Å². The van der Waals surface area contributed by atoms with Crippen LogP contribution in [0.1, 0.15) is 31.9 Å². The summed E-state index contributed by atoms with van der Waals surface area (Å²) in [6, 6.07) is 6.86. The Bertz CT molecular complexity index is 472. The van der Waals surface area contributed by atoms with Crippen LogP contribution >= 0.6 is 27.5 Å². The molecule has 5 heteroatoms. The molecule has 3 atom stereocenters. The number of halogens is 2. The molecule has 1 heterocycles. The minimum Gasteiger partial charge on any atom is -0.376 e. The summed E-state index contributed by atoms with van der Waals surface area (Å²) in [5, 5.41) is 4.20. The molecule has 1 aliphatic rings. The van der Waals surface area contributed by atoms with Crippen molar-refractivity contribution < 1.29 is 4.74 Å². The SMILES string of the molecule is CNC(CCN1CC(C)OCC1C)c1ccc(Br)cc1Cl. The van der Waals surface area contributed by atoms with E-state index in [0.29, 0.717) is 12.1 Å². The normalized spacial score (nSPS) is 25.0. The highest BCUT2D eigenvalue weighted by atomic mass is 79.9. The summed E-state index contributed by atoms with van der Waals surface area (Å²) in [4.78, 5) is 2.51. The van der Waals surface area contributed by atoms with E-state index in [0.717, 1.165) is 41.2 Å². The van der Waals surface area contributed by atoms with Crippen LogP contribution in [0.25, 0.3) is 0 Å². The fourth-order valence-corrected chi connectivity index (χ4v) is 3.62. The summed E-state index contributed by atoms with van der Waals surface area (Å²) in [7, 11) is 1.99. The van der Waals surface area contributed by atoms with E-state index in [4.69, 9.17) is 16.3 Å². The first-order valence-corrected chi connectivity index (χ1v) is 8.66. The number of rotatable bonds is 5. The van der Waals surface area contributed by atoms with Gasteiger partial charge in [-0.15, -0.1) is 0 Å². The predicted molar refractivity (Wildman–Crippen MR) is 92.0 cm³/mol. The standard InChI is InChI=1S/C16H24BrClN2O/c1-11-10-21-12(2)9-20(11)7-6-16(19-3)14-5-4-13(17)8-15(14)18/h4-5,8,11-12,16,19H,6-7,9-10H2,1-3H3. The summed E-state index contributed by atoms with van der Waals surface area (Å²) >= 11 is 9.83. The van der Waals surface area contributed by atoms with Gasteiger partial charge < -0.3 is 10.1 Å². The van der Waals surface area contributed by atoms with E-state index < -0.39 is 0 Å². The Morgan fingerprint density at radius 2 is 2.24 bits per heavy atom. The molecule has 1 fully saturated rings. The van der Waals surface area contributed by atoms with Gasteiger partial charge in [0.2, 0.25) is 0 Å². The van der Waals surface area contributed by atoms with Gasteiger partial charge in [0.1, 0.15) is 0 Å². The molecule has 1 aliphatic heterocycles. The molecule has 3 unspecified atom stereocenters. The van der Waals surface area contributed by atoms with E-state index in [1.807, 2.05) is 19.2 Å². The zero-order chi connectivity index (χ0) is 15.4. The number of hydrogen-bond donors (Lipinski definition) is 1. The van der Waals surface area contributed by atoms with Crippen molar-refractivity contribution in [2.75, 3.05) is 26.7 Å². The molecule has 0 bridgehead atoms. The number of morpholine rings is 1. The lowest BCUT2D eigenvalue weighted by Gasteiger charge is -2.37. The van der Waals surface area contributed by atoms with Gasteiger partial charge in [-0.2, -0.15) is 0 Å². The van der Waals surface area contributed by atoms with Crippen molar-refractivity contribution in [2.45, 2.75) is 38.5 Å². The quantitative estimate of drug-likeness (QED) is 0.845. The third-order valence-electron chi connectivity index (χ3n) is 4.13. The maximum absolute atomic E-state index is 6.37. The third kappa shape index (κ3) is 4.67. The lowest BCUT2D eigenvalue weighted by atomic mass is 10.0. The molecule has 0 radical (unpaired) electrons. The van der Waals surface area contributed by atoms with Crippen LogP contribution in [0.4, 0.5) is 0 Å². The van der Waals surface area contributed by atoms with Gasteiger partial charge in [0.25, 0.3) is 0 Å². The number of ether oxygens (including phenoxy) is 1. The molecule has 0 aliphatic carbocycles. The van der Waals surface area contributed by atoms with Crippen LogP contribution in [-0.2, 0) is 4.74 Å². The first kappa shape index (κ1) is 17.2. The van der Waals surface area contributed by atoms with Crippen molar-refractivity contribution >= 4 is 27.5 Å². The van der Waals surface area contributed by atoms with Crippen LogP contribution in [0, 0.1) is 0 Å². The van der Waals surface area contributed by atoms with Crippen molar-refractivity contribution in [3.63, 3.8) is 0 Å². The molecule has 3 nitrogen and oxygen atoms in total. The van der Waals surface area contributed by atoms with Gasteiger partial charge in [-0.1, -0.05) is 33.6 Å². The van der Waals surface area contributed by atoms with Gasteiger partial charge in [0, 0.05) is 34.7 Å². The molecule has 21 heavy (non-hydrogen) atoms. The molecular weight excluding hydrogens is 352 g/mol. The third-order valence-corrected chi connectivity index (χ3v) is 4.95. The van der Waals surface area contributed by atoms with E-state index >= 15 is 0 Å². The average Bonchev–Trinajstić information content (AvgIpc) is 2.44. The van der Waals surface area contributed by atoms with Crippen molar-refractivity contribution in [1.82, 2.24) is 10.2 Å². The van der Waals surface area contributed by atoms with E-state index in [1.165, 1.54) is 0 Å². The van der Waals surface area contributed by atoms with Crippen molar-refractivity contribution in [1.29, 1.82) is 0 Å². The largest absolute Gasteiger partial charge is 0.376 e. The molecule has 2 rings (SSSR count). The molecule has 1 aromatic rings. The van der Waals surface area contributed by atoms with Crippen molar-refractivity contribution in [2.24, 2.45) is 0 Å². The summed E-state index contributed by atoms with van der Waals surface area (Å²) in [6.45, 7) is 7.25. The van der Waals surface area contributed by atoms with E-state index in [9.17, 15) is 0 Å². The average molecular weight is 376 g/mol. The maximum atomic E-state index is 6.37. The summed E-state index contributed by atoms with van der Waals surface area (Å²) in [6.07, 6.45) is 1.36. The van der Waals surface area contributed by atoms with Gasteiger partial charge in [-0.3, -0.25) is 4.90 Å². The minimum absolute atomic E-state index is 0.274. The minimum atomic E-state index is 0.274. The highest BCUT2D eigenvalue weighted by Crippen LogP contribution is 2.28. The van der Waals surface area contributed by atoms with E-state index in [1.54, 1.807) is 0 Å². The van der Waals surface area contributed by atoms with Gasteiger partial charge in [0.05, 0.1) is 12.7 Å². The van der Waals surface area contributed by atoms with E-state index in [-0.39, 0.29) is 6.04 Å². The topological polar surface area (TPSA) is 24.5 Å². The molecule has 0 saturated carbocycles. The molecule has 1 saturated heterocycles. The van der Waals surface area contributed by atoms with Crippen LogP contribution < -0.4 is 5.32 Å². The van der Waals surface area contributed by atoms with Crippen LogP contribution in [0.5, 0.6) is 0 Å². The smallest absolute Gasteiger partial charge is 0.0674 e. The number of hydrogen-bond acceptors (Lipinski definition) is 3. The Hall–Kier alpha value is -0.130. The summed E-state index contributed by atoms with van der Waals surface area (Å²) in [5.74, 6) is 0. The van der Waals surface area contributed by atoms with Gasteiger partial charge in [-0.25, -0.2) is 0 Å². The first-order valence-electron chi connectivity index (χ1n) is 7.49. The van der Waals surface area contributed by atoms with Crippen LogP contribution in [0.2, 0.25) is 5.02 Å². The monoisotopic (exact) mass is 374 g/mol. The Morgan fingerprint density at radius 1 is 1.48 bits per heavy atom. The molecule has 0 spiro atoms. The molecule has 118 valence electrons. The molecular formula is C16H24BrClN2O. The first-order chi connectivity index (χ1) is 10.0. The fourth-order valence-electron chi connectivity index (χ4n) is 2.82. The lowest BCUT2D eigenvalue weighted by Crippen LogP contribution is -2.48. The van der Waals surface area contributed by atoms with Crippen molar-refractivity contribution in [3.05, 3.63) is 33.3 Å². The van der Waals surface area contributed by atoms with Crippen LogP contribution in [0.15, 0.2) is 22.7 Å². The van der Waals surface area contributed by atoms with Crippen LogP contribution in [0.3, 0.4) is 0 Å². The second-order valence-corrected chi connectivity index (χ2v) is 7.11. The van der Waals surface area contributed by atoms with Gasteiger partial charge in [0.15, 0.2) is 0 Å².